The van der Waals surface area contributed by atoms with Gasteiger partial charge in [0.15, 0.2) is 0 Å². The Balaban J connectivity index is 1.71. The van der Waals surface area contributed by atoms with Crippen LogP contribution in [0.3, 0.4) is 0 Å². The number of hydrogen-bond donors (Lipinski definition) is 1. The normalized spacial score (nSPS) is 17.3. The summed E-state index contributed by atoms with van der Waals surface area (Å²) in [6.07, 6.45) is 0.241. The molecule has 2 aromatic carbocycles. The van der Waals surface area contributed by atoms with Gasteiger partial charge < -0.3 is 4.90 Å². The number of nitro benzene ring substituents is 1. The Hall–Kier alpha value is -2.78. The van der Waals surface area contributed by atoms with Crippen molar-refractivity contribution < 1.29 is 18.1 Å². The predicted molar refractivity (Wildman–Crippen MR) is 99.9 cm³/mol. The van der Waals surface area contributed by atoms with Gasteiger partial charge in [-0.1, -0.05) is 24.3 Å². The van der Waals surface area contributed by atoms with Gasteiger partial charge >= 0.3 is 0 Å². The average molecular weight is 389 g/mol. The minimum atomic E-state index is -3.92. The highest BCUT2D eigenvalue weighted by Gasteiger charge is 2.31. The summed E-state index contributed by atoms with van der Waals surface area (Å²) in [4.78, 5) is 24.0. The molecule has 8 nitrogen and oxygen atoms in total. The number of carbonyl (C=O) groups excluding carboxylic acids is 1. The summed E-state index contributed by atoms with van der Waals surface area (Å²) in [5, 5.41) is 10.9. The lowest BCUT2D eigenvalue weighted by Gasteiger charge is -2.17. The van der Waals surface area contributed by atoms with Gasteiger partial charge in [0.2, 0.25) is 15.9 Å². The fourth-order valence-electron chi connectivity index (χ4n) is 3.07. The summed E-state index contributed by atoms with van der Waals surface area (Å²) in [5.74, 6) is -0.233. The van der Waals surface area contributed by atoms with E-state index in [1.165, 1.54) is 12.1 Å². The highest BCUT2D eigenvalue weighted by Crippen LogP contribution is 2.25. The maximum absolute atomic E-state index is 12.6. The van der Waals surface area contributed by atoms with Crippen molar-refractivity contribution >= 4 is 27.3 Å². The second-order valence-electron chi connectivity index (χ2n) is 6.47. The summed E-state index contributed by atoms with van der Waals surface area (Å²) in [5.41, 5.74) is 0.913. The summed E-state index contributed by atoms with van der Waals surface area (Å²) in [7, 11) is -3.92. The lowest BCUT2D eigenvalue weighted by molar-refractivity contribution is -0.385. The van der Waals surface area contributed by atoms with Crippen LogP contribution in [-0.4, -0.2) is 32.3 Å². The first-order valence-corrected chi connectivity index (χ1v) is 9.86. The van der Waals surface area contributed by atoms with E-state index < -0.39 is 14.9 Å². The Morgan fingerprint density at radius 3 is 2.59 bits per heavy atom. The number of para-hydroxylation sites is 1. The Labute approximate surface area is 157 Å². The molecule has 0 aliphatic carbocycles. The quantitative estimate of drug-likeness (QED) is 0.602. The van der Waals surface area contributed by atoms with E-state index in [4.69, 9.17) is 0 Å². The summed E-state index contributed by atoms with van der Waals surface area (Å²) in [6.45, 7) is 2.08. The fraction of sp³-hybridized carbons (Fsp3) is 0.278. The fourth-order valence-corrected chi connectivity index (χ4v) is 4.45. The van der Waals surface area contributed by atoms with Gasteiger partial charge in [0.1, 0.15) is 0 Å². The van der Waals surface area contributed by atoms with Crippen molar-refractivity contribution in [3.05, 3.63) is 64.2 Å². The van der Waals surface area contributed by atoms with Crippen LogP contribution in [0.1, 0.15) is 12.0 Å². The van der Waals surface area contributed by atoms with Crippen molar-refractivity contribution in [3.63, 3.8) is 0 Å². The molecule has 0 bridgehead atoms. The standard InChI is InChI=1S/C18H19N3O5S/c1-13-7-8-16(21(23)24)10-17(13)27(25,26)19-11-14-9-18(22)20(12-14)15-5-3-2-4-6-15/h2-8,10,14,19H,9,11-12H2,1H3. The molecular weight excluding hydrogens is 370 g/mol. The summed E-state index contributed by atoms with van der Waals surface area (Å²) in [6, 6.07) is 12.9. The van der Waals surface area contributed by atoms with Crippen LogP contribution in [-0.2, 0) is 14.8 Å². The van der Waals surface area contributed by atoms with Crippen molar-refractivity contribution in [3.8, 4) is 0 Å². The maximum Gasteiger partial charge on any atom is 0.270 e. The number of non-ortho nitro benzene ring substituents is 1. The van der Waals surface area contributed by atoms with Crippen LogP contribution >= 0.6 is 0 Å². The zero-order valence-corrected chi connectivity index (χ0v) is 15.5. The third kappa shape index (κ3) is 4.15. The van der Waals surface area contributed by atoms with Crippen LogP contribution in [0.25, 0.3) is 0 Å². The number of nitro groups is 1. The maximum atomic E-state index is 12.6. The number of benzene rings is 2. The van der Waals surface area contributed by atoms with Crippen LogP contribution < -0.4 is 9.62 Å². The first-order valence-electron chi connectivity index (χ1n) is 8.38. The van der Waals surface area contributed by atoms with Crippen LogP contribution in [0.4, 0.5) is 11.4 Å². The Morgan fingerprint density at radius 2 is 1.93 bits per heavy atom. The van der Waals surface area contributed by atoms with Crippen molar-refractivity contribution in [2.75, 3.05) is 18.0 Å². The summed E-state index contributed by atoms with van der Waals surface area (Å²) < 4.78 is 27.7. The van der Waals surface area contributed by atoms with Gasteiger partial charge in [-0.25, -0.2) is 13.1 Å². The van der Waals surface area contributed by atoms with Gasteiger partial charge in [0, 0.05) is 37.3 Å². The number of sulfonamides is 1. The first-order chi connectivity index (χ1) is 12.8. The molecule has 1 saturated heterocycles. The number of rotatable bonds is 6. The highest BCUT2D eigenvalue weighted by atomic mass is 32.2. The lowest BCUT2D eigenvalue weighted by atomic mass is 10.1. The van der Waals surface area contributed by atoms with Gasteiger partial charge in [0.25, 0.3) is 5.69 Å². The van der Waals surface area contributed by atoms with E-state index in [2.05, 4.69) is 4.72 Å². The molecule has 1 unspecified atom stereocenters. The minimum absolute atomic E-state index is 0.0584. The molecule has 1 heterocycles. The highest BCUT2D eigenvalue weighted by molar-refractivity contribution is 7.89. The molecule has 1 aliphatic heterocycles. The van der Waals surface area contributed by atoms with Crippen molar-refractivity contribution in [1.29, 1.82) is 0 Å². The predicted octanol–water partition coefficient (Wildman–Crippen LogP) is 2.23. The molecule has 0 aromatic heterocycles. The molecule has 0 spiro atoms. The van der Waals surface area contributed by atoms with E-state index in [9.17, 15) is 23.3 Å². The third-order valence-corrected chi connectivity index (χ3v) is 6.07. The Morgan fingerprint density at radius 1 is 1.22 bits per heavy atom. The molecule has 142 valence electrons. The van der Waals surface area contributed by atoms with E-state index in [1.54, 1.807) is 11.8 Å². The minimum Gasteiger partial charge on any atom is -0.312 e. The molecule has 1 N–H and O–H groups in total. The second kappa shape index (κ2) is 7.45. The Bertz CT molecular complexity index is 976. The molecule has 3 rings (SSSR count). The topological polar surface area (TPSA) is 110 Å². The van der Waals surface area contributed by atoms with Crippen LogP contribution in [0.5, 0.6) is 0 Å². The molecule has 1 amide bonds. The first kappa shape index (κ1) is 19.0. The van der Waals surface area contributed by atoms with Crippen LogP contribution in [0, 0.1) is 23.0 Å². The average Bonchev–Trinajstić information content (AvgIpc) is 3.01. The molecule has 27 heavy (non-hydrogen) atoms. The largest absolute Gasteiger partial charge is 0.312 e. The number of nitrogens with zero attached hydrogens (tertiary/aromatic N) is 2. The third-order valence-electron chi connectivity index (χ3n) is 4.51. The molecule has 9 heteroatoms. The zero-order chi connectivity index (χ0) is 19.6. The second-order valence-corrected chi connectivity index (χ2v) is 8.20. The number of amides is 1. The number of anilines is 1. The van der Waals surface area contributed by atoms with Gasteiger partial charge in [-0.05, 0) is 30.5 Å². The molecule has 1 fully saturated rings. The smallest absolute Gasteiger partial charge is 0.270 e. The number of carbonyl (C=O) groups is 1. The van der Waals surface area contributed by atoms with Crippen molar-refractivity contribution in [2.45, 2.75) is 18.2 Å². The van der Waals surface area contributed by atoms with Gasteiger partial charge in [-0.15, -0.1) is 0 Å². The van der Waals surface area contributed by atoms with Crippen molar-refractivity contribution in [2.24, 2.45) is 5.92 Å². The number of hydrogen-bond acceptors (Lipinski definition) is 5. The summed E-state index contributed by atoms with van der Waals surface area (Å²) >= 11 is 0. The van der Waals surface area contributed by atoms with E-state index in [-0.39, 0.29) is 35.4 Å². The lowest BCUT2D eigenvalue weighted by Crippen LogP contribution is -2.31. The number of aryl methyl sites for hydroxylation is 1. The Kier molecular flexibility index (Phi) is 5.24. The van der Waals surface area contributed by atoms with E-state index >= 15 is 0 Å². The van der Waals surface area contributed by atoms with E-state index in [0.29, 0.717) is 12.1 Å². The van der Waals surface area contributed by atoms with E-state index in [1.807, 2.05) is 30.3 Å². The van der Waals surface area contributed by atoms with Gasteiger partial charge in [-0.2, -0.15) is 0 Å². The van der Waals surface area contributed by atoms with Crippen LogP contribution in [0.2, 0.25) is 0 Å². The van der Waals surface area contributed by atoms with E-state index in [0.717, 1.165) is 11.8 Å². The SMILES string of the molecule is Cc1ccc([N+](=O)[O-])cc1S(=O)(=O)NCC1CC(=O)N(c2ccccc2)C1. The van der Waals surface area contributed by atoms with Gasteiger partial charge in [-0.3, -0.25) is 14.9 Å². The molecule has 1 aliphatic rings. The number of nitrogens with one attached hydrogen (secondary N) is 1. The van der Waals surface area contributed by atoms with Crippen LogP contribution in [0.15, 0.2) is 53.4 Å². The molecule has 0 radical (unpaired) electrons. The molecular formula is C18H19N3O5S. The molecule has 1 atom stereocenters. The monoisotopic (exact) mass is 389 g/mol. The molecule has 0 saturated carbocycles. The van der Waals surface area contributed by atoms with Gasteiger partial charge in [0.05, 0.1) is 9.82 Å². The molecule has 2 aromatic rings. The van der Waals surface area contributed by atoms with Crippen molar-refractivity contribution in [1.82, 2.24) is 4.72 Å². The zero-order valence-electron chi connectivity index (χ0n) is 14.7.